The molecule has 1 rings (SSSR count). The van der Waals surface area contributed by atoms with E-state index < -0.39 is 11.9 Å². The summed E-state index contributed by atoms with van der Waals surface area (Å²) in [6.07, 6.45) is 4.45. The summed E-state index contributed by atoms with van der Waals surface area (Å²) in [5.41, 5.74) is 5.26. The molecule has 0 aromatic heterocycles. The molecule has 0 spiro atoms. The summed E-state index contributed by atoms with van der Waals surface area (Å²) in [5.74, 6) is -1.01. The van der Waals surface area contributed by atoms with Gasteiger partial charge in [0.25, 0.3) is 0 Å². The highest BCUT2D eigenvalue weighted by Crippen LogP contribution is 2.23. The number of rotatable bonds is 10. The van der Waals surface area contributed by atoms with E-state index in [2.05, 4.69) is 5.32 Å². The van der Waals surface area contributed by atoms with Crippen molar-refractivity contribution >= 4 is 35.4 Å². The molecule has 1 saturated heterocycles. The Balaban J connectivity index is 0.00000301. The molecular weight excluding hydrogens is 354 g/mol. The molecular formula is C18H33N3O4S. The molecule has 26 heavy (non-hydrogen) atoms. The number of unbranched alkanes of at least 4 members (excludes halogenated alkanes) is 2. The minimum absolute atomic E-state index is 0.0528. The van der Waals surface area contributed by atoms with Crippen molar-refractivity contribution < 1.29 is 19.2 Å². The van der Waals surface area contributed by atoms with E-state index in [0.717, 1.165) is 6.42 Å². The van der Waals surface area contributed by atoms with Crippen molar-refractivity contribution in [1.82, 2.24) is 10.2 Å². The number of hydrogen-bond donors (Lipinski definition) is 2. The van der Waals surface area contributed by atoms with E-state index in [4.69, 9.17) is 5.73 Å². The van der Waals surface area contributed by atoms with Crippen LogP contribution in [-0.2, 0) is 19.2 Å². The van der Waals surface area contributed by atoms with Gasteiger partial charge in [0.05, 0.1) is 5.25 Å². The molecule has 1 aliphatic rings. The molecule has 0 radical (unpaired) electrons. The summed E-state index contributed by atoms with van der Waals surface area (Å²) in [6.45, 7) is 8.05. The molecule has 150 valence electrons. The Kier molecular flexibility index (Phi) is 12.0. The zero-order valence-electron chi connectivity index (χ0n) is 16.5. The van der Waals surface area contributed by atoms with Gasteiger partial charge in [-0.1, -0.05) is 34.1 Å². The number of nitrogens with two attached hydrogens (primary N) is 1. The predicted octanol–water partition coefficient (Wildman–Crippen LogP) is 1.69. The van der Waals surface area contributed by atoms with E-state index in [1.54, 1.807) is 0 Å². The van der Waals surface area contributed by atoms with Crippen LogP contribution in [0, 0.1) is 5.92 Å². The average Bonchev–Trinajstić information content (AvgIpc) is 2.87. The van der Waals surface area contributed by atoms with Crippen LogP contribution in [0.4, 0.5) is 0 Å². The maximum atomic E-state index is 11.9. The van der Waals surface area contributed by atoms with Gasteiger partial charge in [-0.2, -0.15) is 11.8 Å². The standard InChI is InChI=1S/C16H27N3O4S.C2H6/c1-10(2)14(15(17)22)18-12(20)7-5-4-6-8-19-13(21)9-11(24-3)16(19)23;1-2/h10-11,14H,4-9H2,1-3H3,(H2,17,22)(H,18,20);1-2H3. The van der Waals surface area contributed by atoms with Crippen molar-refractivity contribution in [3.05, 3.63) is 0 Å². The molecule has 0 aliphatic carbocycles. The molecule has 2 atom stereocenters. The molecule has 1 fully saturated rings. The minimum atomic E-state index is -0.652. The quantitative estimate of drug-likeness (QED) is 0.438. The zero-order valence-corrected chi connectivity index (χ0v) is 17.4. The third-order valence-corrected chi connectivity index (χ3v) is 5.00. The number of hydrogen-bond acceptors (Lipinski definition) is 5. The average molecular weight is 388 g/mol. The van der Waals surface area contributed by atoms with Crippen LogP contribution in [0.5, 0.6) is 0 Å². The Morgan fingerprint density at radius 3 is 2.31 bits per heavy atom. The number of imide groups is 1. The van der Waals surface area contributed by atoms with Crippen LogP contribution in [-0.4, -0.2) is 52.6 Å². The summed E-state index contributed by atoms with van der Waals surface area (Å²) in [6, 6.07) is -0.652. The van der Waals surface area contributed by atoms with Crippen molar-refractivity contribution in [2.75, 3.05) is 12.8 Å². The van der Waals surface area contributed by atoms with Gasteiger partial charge in [0.2, 0.25) is 23.6 Å². The summed E-state index contributed by atoms with van der Waals surface area (Å²) in [7, 11) is 0. The maximum absolute atomic E-state index is 11.9. The van der Waals surface area contributed by atoms with Gasteiger partial charge in [-0.05, 0) is 25.0 Å². The Hall–Kier alpha value is -1.57. The van der Waals surface area contributed by atoms with Gasteiger partial charge in [-0.3, -0.25) is 24.1 Å². The highest BCUT2D eigenvalue weighted by molar-refractivity contribution is 8.00. The van der Waals surface area contributed by atoms with Crippen LogP contribution in [0.3, 0.4) is 0 Å². The van der Waals surface area contributed by atoms with Crippen molar-refractivity contribution in [2.45, 2.75) is 71.1 Å². The molecule has 0 aromatic carbocycles. The molecule has 3 N–H and O–H groups in total. The Morgan fingerprint density at radius 2 is 1.85 bits per heavy atom. The lowest BCUT2D eigenvalue weighted by Gasteiger charge is -2.19. The Morgan fingerprint density at radius 1 is 1.23 bits per heavy atom. The monoisotopic (exact) mass is 387 g/mol. The largest absolute Gasteiger partial charge is 0.368 e. The molecule has 7 nitrogen and oxygen atoms in total. The van der Waals surface area contributed by atoms with Crippen LogP contribution >= 0.6 is 11.8 Å². The summed E-state index contributed by atoms with van der Waals surface area (Å²) in [4.78, 5) is 48.1. The van der Waals surface area contributed by atoms with E-state index in [-0.39, 0.29) is 35.3 Å². The number of nitrogens with one attached hydrogen (secondary N) is 1. The van der Waals surface area contributed by atoms with Gasteiger partial charge >= 0.3 is 0 Å². The van der Waals surface area contributed by atoms with Gasteiger partial charge in [-0.15, -0.1) is 0 Å². The van der Waals surface area contributed by atoms with Crippen molar-refractivity contribution in [3.8, 4) is 0 Å². The fourth-order valence-electron chi connectivity index (χ4n) is 2.62. The fraction of sp³-hybridized carbons (Fsp3) is 0.778. The second-order valence-electron chi connectivity index (χ2n) is 6.31. The fourth-order valence-corrected chi connectivity index (χ4v) is 3.25. The molecule has 2 unspecified atom stereocenters. The zero-order chi connectivity index (χ0) is 20.3. The van der Waals surface area contributed by atoms with Gasteiger partial charge < -0.3 is 11.1 Å². The molecule has 1 aliphatic heterocycles. The Labute approximate surface area is 160 Å². The van der Waals surface area contributed by atoms with Crippen LogP contribution in [0.1, 0.15) is 59.8 Å². The lowest BCUT2D eigenvalue weighted by Crippen LogP contribution is -2.47. The summed E-state index contributed by atoms with van der Waals surface area (Å²) >= 11 is 1.40. The van der Waals surface area contributed by atoms with Crippen LogP contribution < -0.4 is 11.1 Å². The van der Waals surface area contributed by atoms with Crippen molar-refractivity contribution in [1.29, 1.82) is 0 Å². The van der Waals surface area contributed by atoms with E-state index >= 15 is 0 Å². The molecule has 4 amide bonds. The van der Waals surface area contributed by atoms with Crippen molar-refractivity contribution in [2.24, 2.45) is 11.7 Å². The SMILES string of the molecule is CC.CSC1CC(=O)N(CCCCCC(=O)NC(C(N)=O)C(C)C)C1=O. The molecule has 0 bridgehead atoms. The molecule has 0 saturated carbocycles. The Bertz CT molecular complexity index is 497. The number of nitrogens with zero attached hydrogens (tertiary/aromatic N) is 1. The van der Waals surface area contributed by atoms with E-state index in [1.807, 2.05) is 34.0 Å². The van der Waals surface area contributed by atoms with E-state index in [1.165, 1.54) is 16.7 Å². The smallest absolute Gasteiger partial charge is 0.242 e. The van der Waals surface area contributed by atoms with Crippen LogP contribution in [0.25, 0.3) is 0 Å². The van der Waals surface area contributed by atoms with Gasteiger partial charge in [0.1, 0.15) is 6.04 Å². The number of carbonyl (C=O) groups excluding carboxylic acids is 4. The number of thioether (sulfide) groups is 1. The molecule has 1 heterocycles. The first-order valence-electron chi connectivity index (χ1n) is 9.23. The molecule has 8 heteroatoms. The van der Waals surface area contributed by atoms with Gasteiger partial charge in [0.15, 0.2) is 0 Å². The van der Waals surface area contributed by atoms with Gasteiger partial charge in [-0.25, -0.2) is 0 Å². The highest BCUT2D eigenvalue weighted by atomic mass is 32.2. The number of likely N-dealkylation sites (tertiary alicyclic amines) is 1. The van der Waals surface area contributed by atoms with Gasteiger partial charge in [0, 0.05) is 19.4 Å². The topological polar surface area (TPSA) is 110 Å². The second-order valence-corrected chi connectivity index (χ2v) is 7.35. The molecule has 0 aromatic rings. The number of carbonyl (C=O) groups is 4. The third kappa shape index (κ3) is 7.76. The summed E-state index contributed by atoms with van der Waals surface area (Å²) in [5, 5.41) is 2.40. The van der Waals surface area contributed by atoms with Crippen LogP contribution in [0.15, 0.2) is 0 Å². The first-order chi connectivity index (χ1) is 12.3. The first-order valence-corrected chi connectivity index (χ1v) is 10.5. The summed E-state index contributed by atoms with van der Waals surface area (Å²) < 4.78 is 0. The van der Waals surface area contributed by atoms with Crippen LogP contribution in [0.2, 0.25) is 0 Å². The highest BCUT2D eigenvalue weighted by Gasteiger charge is 2.37. The normalized spacial score (nSPS) is 17.8. The number of primary amides is 1. The maximum Gasteiger partial charge on any atom is 0.242 e. The lowest BCUT2D eigenvalue weighted by molar-refractivity contribution is -0.138. The minimum Gasteiger partial charge on any atom is -0.368 e. The first kappa shape index (κ1) is 24.4. The van der Waals surface area contributed by atoms with Crippen molar-refractivity contribution in [3.63, 3.8) is 0 Å². The second kappa shape index (κ2) is 12.7. The number of amides is 4. The third-order valence-electron chi connectivity index (χ3n) is 4.06. The van der Waals surface area contributed by atoms with E-state index in [9.17, 15) is 19.2 Å². The predicted molar refractivity (Wildman–Crippen MR) is 104 cm³/mol. The lowest BCUT2D eigenvalue weighted by atomic mass is 10.0. The van der Waals surface area contributed by atoms with E-state index in [0.29, 0.717) is 25.8 Å².